The Morgan fingerprint density at radius 1 is 1.38 bits per heavy atom. The van der Waals surface area contributed by atoms with Gasteiger partial charge in [-0.05, 0) is 49.8 Å². The summed E-state index contributed by atoms with van der Waals surface area (Å²) in [6.45, 7) is 2.61. The molecule has 2 rings (SSSR count). The lowest BCUT2D eigenvalue weighted by Crippen LogP contribution is -2.48. The molecule has 1 saturated carbocycles. The first-order valence-electron chi connectivity index (χ1n) is 7.06. The second-order valence-electron chi connectivity index (χ2n) is 5.98. The van der Waals surface area contributed by atoms with E-state index in [-0.39, 0.29) is 16.1 Å². The molecule has 0 saturated heterocycles. The van der Waals surface area contributed by atoms with Gasteiger partial charge in [-0.1, -0.05) is 6.92 Å². The van der Waals surface area contributed by atoms with Gasteiger partial charge in [-0.2, -0.15) is 0 Å². The normalized spacial score (nSPS) is 26.6. The van der Waals surface area contributed by atoms with Crippen LogP contribution >= 0.6 is 0 Å². The highest BCUT2D eigenvalue weighted by Crippen LogP contribution is 2.34. The third-order valence-electron chi connectivity index (χ3n) is 4.29. The van der Waals surface area contributed by atoms with E-state index in [2.05, 4.69) is 12.2 Å². The van der Waals surface area contributed by atoms with Crippen LogP contribution < -0.4 is 16.2 Å². The van der Waals surface area contributed by atoms with E-state index < -0.39 is 15.8 Å². The van der Waals surface area contributed by atoms with Crippen molar-refractivity contribution in [2.24, 2.45) is 16.8 Å². The van der Waals surface area contributed by atoms with Crippen molar-refractivity contribution in [1.82, 2.24) is 0 Å². The lowest BCUT2D eigenvalue weighted by molar-refractivity contribution is 0.271. The van der Waals surface area contributed by atoms with Gasteiger partial charge in [-0.25, -0.2) is 17.9 Å². The van der Waals surface area contributed by atoms with Crippen LogP contribution in [0, 0.1) is 11.7 Å². The van der Waals surface area contributed by atoms with Gasteiger partial charge in [0, 0.05) is 12.1 Å². The first kappa shape index (κ1) is 16.2. The van der Waals surface area contributed by atoms with E-state index in [9.17, 15) is 12.8 Å². The first-order chi connectivity index (χ1) is 9.76. The van der Waals surface area contributed by atoms with Crippen LogP contribution in [0.25, 0.3) is 0 Å². The highest BCUT2D eigenvalue weighted by atomic mass is 32.2. The maximum Gasteiger partial charge on any atom is 0.238 e. The minimum Gasteiger partial charge on any atom is -0.376 e. The SMILES string of the molecule is CC1CCC(CN)(Nc2ccc(S(N)(=O)=O)cc2F)CC1. The van der Waals surface area contributed by atoms with Gasteiger partial charge in [0.15, 0.2) is 0 Å². The highest BCUT2D eigenvalue weighted by molar-refractivity contribution is 7.89. The zero-order valence-corrected chi connectivity index (χ0v) is 12.9. The van der Waals surface area contributed by atoms with Crippen LogP contribution in [0.2, 0.25) is 0 Å². The Morgan fingerprint density at radius 3 is 2.48 bits per heavy atom. The topological polar surface area (TPSA) is 98.2 Å². The van der Waals surface area contributed by atoms with Crippen LogP contribution in [0.15, 0.2) is 23.1 Å². The number of halogens is 1. The Morgan fingerprint density at radius 2 is 2.00 bits per heavy atom. The van der Waals surface area contributed by atoms with Crippen molar-refractivity contribution in [3.63, 3.8) is 0 Å². The zero-order chi connectivity index (χ0) is 15.7. The molecule has 0 atom stereocenters. The van der Waals surface area contributed by atoms with Crippen LogP contribution in [0.5, 0.6) is 0 Å². The molecule has 1 aromatic rings. The molecule has 21 heavy (non-hydrogen) atoms. The van der Waals surface area contributed by atoms with E-state index in [4.69, 9.17) is 10.9 Å². The number of nitrogens with two attached hydrogens (primary N) is 2. The molecule has 0 aromatic heterocycles. The van der Waals surface area contributed by atoms with Gasteiger partial charge in [-0.15, -0.1) is 0 Å². The molecule has 7 heteroatoms. The van der Waals surface area contributed by atoms with E-state index in [1.165, 1.54) is 12.1 Å². The molecular weight excluding hydrogens is 293 g/mol. The summed E-state index contributed by atoms with van der Waals surface area (Å²) in [5.74, 6) is 0.0223. The van der Waals surface area contributed by atoms with E-state index in [1.54, 1.807) is 0 Å². The van der Waals surface area contributed by atoms with Crippen molar-refractivity contribution >= 4 is 15.7 Å². The number of hydrogen-bond acceptors (Lipinski definition) is 4. The third-order valence-corrected chi connectivity index (χ3v) is 5.20. The lowest BCUT2D eigenvalue weighted by atomic mass is 9.77. The van der Waals surface area contributed by atoms with Crippen molar-refractivity contribution in [2.45, 2.75) is 43.0 Å². The number of rotatable bonds is 4. The number of primary sulfonamides is 1. The summed E-state index contributed by atoms with van der Waals surface area (Å²) in [4.78, 5) is -0.232. The minimum absolute atomic E-state index is 0.232. The molecule has 0 aliphatic heterocycles. The second-order valence-corrected chi connectivity index (χ2v) is 7.54. The van der Waals surface area contributed by atoms with Crippen LogP contribution in [0.3, 0.4) is 0 Å². The summed E-state index contributed by atoms with van der Waals surface area (Å²) in [7, 11) is -3.90. The molecule has 0 heterocycles. The predicted molar refractivity (Wildman–Crippen MR) is 80.8 cm³/mol. The van der Waals surface area contributed by atoms with Gasteiger partial charge in [0.2, 0.25) is 10.0 Å². The Bertz CT molecular complexity index is 611. The van der Waals surface area contributed by atoms with E-state index >= 15 is 0 Å². The monoisotopic (exact) mass is 315 g/mol. The minimum atomic E-state index is -3.90. The van der Waals surface area contributed by atoms with Crippen molar-refractivity contribution in [2.75, 3.05) is 11.9 Å². The number of hydrogen-bond donors (Lipinski definition) is 3. The van der Waals surface area contributed by atoms with Crippen molar-refractivity contribution < 1.29 is 12.8 Å². The fourth-order valence-corrected chi connectivity index (χ4v) is 3.28. The van der Waals surface area contributed by atoms with Gasteiger partial charge < -0.3 is 11.1 Å². The summed E-state index contributed by atoms with van der Waals surface area (Å²) < 4.78 is 36.5. The molecule has 118 valence electrons. The van der Waals surface area contributed by atoms with E-state index in [1.807, 2.05) is 0 Å². The molecule has 1 aliphatic carbocycles. The predicted octanol–water partition coefficient (Wildman–Crippen LogP) is 1.79. The van der Waals surface area contributed by atoms with Gasteiger partial charge >= 0.3 is 0 Å². The molecule has 5 nitrogen and oxygen atoms in total. The zero-order valence-electron chi connectivity index (χ0n) is 12.1. The molecular formula is C14H22FN3O2S. The average Bonchev–Trinajstić information content (AvgIpc) is 2.43. The largest absolute Gasteiger partial charge is 0.376 e. The second kappa shape index (κ2) is 5.90. The maximum absolute atomic E-state index is 14.1. The number of benzene rings is 1. The van der Waals surface area contributed by atoms with E-state index in [0.29, 0.717) is 12.5 Å². The fraction of sp³-hybridized carbons (Fsp3) is 0.571. The third kappa shape index (κ3) is 3.72. The Labute approximate surface area is 125 Å². The lowest BCUT2D eigenvalue weighted by Gasteiger charge is -2.40. The van der Waals surface area contributed by atoms with Crippen molar-refractivity contribution in [3.05, 3.63) is 24.0 Å². The molecule has 1 aromatic carbocycles. The molecule has 1 aliphatic rings. The number of sulfonamides is 1. The van der Waals surface area contributed by atoms with Gasteiger partial charge in [0.1, 0.15) is 5.82 Å². The van der Waals surface area contributed by atoms with Crippen LogP contribution in [0.4, 0.5) is 10.1 Å². The molecule has 0 spiro atoms. The van der Waals surface area contributed by atoms with Crippen LogP contribution in [0.1, 0.15) is 32.6 Å². The fourth-order valence-electron chi connectivity index (χ4n) is 2.75. The molecule has 0 radical (unpaired) electrons. The van der Waals surface area contributed by atoms with E-state index in [0.717, 1.165) is 31.7 Å². The summed E-state index contributed by atoms with van der Waals surface area (Å²) in [5, 5.41) is 8.17. The van der Waals surface area contributed by atoms with Crippen LogP contribution in [-0.4, -0.2) is 20.5 Å². The van der Waals surface area contributed by atoms with Gasteiger partial charge in [0.25, 0.3) is 0 Å². The number of anilines is 1. The first-order valence-corrected chi connectivity index (χ1v) is 8.61. The Hall–Kier alpha value is -1.18. The van der Waals surface area contributed by atoms with Gasteiger partial charge in [0.05, 0.1) is 10.6 Å². The quantitative estimate of drug-likeness (QED) is 0.789. The Kier molecular flexibility index (Phi) is 4.55. The molecule has 0 bridgehead atoms. The summed E-state index contributed by atoms with van der Waals surface area (Å²) >= 11 is 0. The molecule has 0 amide bonds. The van der Waals surface area contributed by atoms with Crippen molar-refractivity contribution in [3.8, 4) is 0 Å². The summed E-state index contributed by atoms with van der Waals surface area (Å²) in [6, 6.07) is 3.65. The standard InChI is InChI=1S/C14H22FN3O2S/c1-10-4-6-14(9-16,7-5-10)18-13-3-2-11(8-12(13)15)21(17,19)20/h2-3,8,10,18H,4-7,9,16H2,1H3,(H2,17,19,20). The average molecular weight is 315 g/mol. The molecule has 0 unspecified atom stereocenters. The van der Waals surface area contributed by atoms with Crippen LogP contribution in [-0.2, 0) is 10.0 Å². The Balaban J connectivity index is 2.23. The summed E-state index contributed by atoms with van der Waals surface area (Å²) in [5.41, 5.74) is 5.82. The smallest absolute Gasteiger partial charge is 0.238 e. The van der Waals surface area contributed by atoms with Gasteiger partial charge in [-0.3, -0.25) is 0 Å². The summed E-state index contributed by atoms with van der Waals surface area (Å²) in [6.07, 6.45) is 3.84. The highest BCUT2D eigenvalue weighted by Gasteiger charge is 2.33. The number of nitrogens with one attached hydrogen (secondary N) is 1. The molecule has 1 fully saturated rings. The molecule has 5 N–H and O–H groups in total. The maximum atomic E-state index is 14.1. The van der Waals surface area contributed by atoms with Crippen molar-refractivity contribution in [1.29, 1.82) is 0 Å².